The van der Waals surface area contributed by atoms with E-state index in [2.05, 4.69) is 10.6 Å². The number of amides is 2. The quantitative estimate of drug-likeness (QED) is 0.701. The molecule has 0 fully saturated rings. The minimum absolute atomic E-state index is 0.209. The van der Waals surface area contributed by atoms with E-state index in [0.717, 1.165) is 16.7 Å². The van der Waals surface area contributed by atoms with Crippen molar-refractivity contribution < 1.29 is 19.1 Å². The van der Waals surface area contributed by atoms with Crippen molar-refractivity contribution in [1.29, 1.82) is 0 Å². The molecule has 27 heavy (non-hydrogen) atoms. The molecule has 0 aromatic heterocycles. The zero-order valence-corrected chi connectivity index (χ0v) is 16.2. The van der Waals surface area contributed by atoms with Crippen LogP contribution in [0.3, 0.4) is 0 Å². The number of rotatable bonds is 8. The SMILES string of the molecule is COc1ccc(CCNC(=O)CC(=O)Nc2cc(C)cc(C)c2)cc1OC. The first-order valence-corrected chi connectivity index (χ1v) is 8.77. The number of hydrogen-bond donors (Lipinski definition) is 2. The molecule has 6 heteroatoms. The first-order valence-electron chi connectivity index (χ1n) is 8.77. The molecule has 144 valence electrons. The Kier molecular flexibility index (Phi) is 7.23. The van der Waals surface area contributed by atoms with Crippen molar-refractivity contribution in [2.45, 2.75) is 26.7 Å². The Hall–Kier alpha value is -3.02. The number of hydrogen-bond acceptors (Lipinski definition) is 4. The molecule has 0 aliphatic rings. The fourth-order valence-electron chi connectivity index (χ4n) is 2.84. The van der Waals surface area contributed by atoms with E-state index in [4.69, 9.17) is 9.47 Å². The molecular weight excluding hydrogens is 344 g/mol. The number of ether oxygens (including phenoxy) is 2. The summed E-state index contributed by atoms with van der Waals surface area (Å²) < 4.78 is 10.5. The third kappa shape index (κ3) is 6.33. The summed E-state index contributed by atoms with van der Waals surface area (Å²) in [5, 5.41) is 5.52. The summed E-state index contributed by atoms with van der Waals surface area (Å²) >= 11 is 0. The largest absolute Gasteiger partial charge is 0.493 e. The predicted molar refractivity (Wildman–Crippen MR) is 105 cm³/mol. The molecule has 0 atom stereocenters. The van der Waals surface area contributed by atoms with E-state index in [0.29, 0.717) is 30.2 Å². The third-order valence-corrected chi connectivity index (χ3v) is 4.01. The minimum atomic E-state index is -0.330. The summed E-state index contributed by atoms with van der Waals surface area (Å²) in [6, 6.07) is 11.4. The Bertz CT molecular complexity index is 798. The number of aryl methyl sites for hydroxylation is 2. The number of carbonyl (C=O) groups is 2. The van der Waals surface area contributed by atoms with Crippen LogP contribution in [-0.4, -0.2) is 32.6 Å². The van der Waals surface area contributed by atoms with Crippen molar-refractivity contribution in [3.63, 3.8) is 0 Å². The maximum atomic E-state index is 12.0. The van der Waals surface area contributed by atoms with E-state index in [-0.39, 0.29) is 18.2 Å². The lowest BCUT2D eigenvalue weighted by molar-refractivity contribution is -0.126. The Morgan fingerprint density at radius 2 is 1.56 bits per heavy atom. The van der Waals surface area contributed by atoms with Gasteiger partial charge in [0.2, 0.25) is 11.8 Å². The maximum Gasteiger partial charge on any atom is 0.233 e. The van der Waals surface area contributed by atoms with Crippen LogP contribution in [0.25, 0.3) is 0 Å². The molecule has 2 aromatic rings. The standard InChI is InChI=1S/C21H26N2O4/c1-14-9-15(2)11-17(10-14)23-21(25)13-20(24)22-8-7-16-5-6-18(26-3)19(12-16)27-4/h5-6,9-12H,7-8,13H2,1-4H3,(H,22,24)(H,23,25). The molecule has 0 unspecified atom stereocenters. The van der Waals surface area contributed by atoms with Gasteiger partial charge in [-0.25, -0.2) is 0 Å². The van der Waals surface area contributed by atoms with Crippen molar-refractivity contribution in [3.05, 3.63) is 53.1 Å². The van der Waals surface area contributed by atoms with Gasteiger partial charge in [-0.1, -0.05) is 12.1 Å². The lowest BCUT2D eigenvalue weighted by Crippen LogP contribution is -2.29. The van der Waals surface area contributed by atoms with Gasteiger partial charge in [0.05, 0.1) is 14.2 Å². The Balaban J connectivity index is 1.79. The number of benzene rings is 2. The van der Waals surface area contributed by atoms with Gasteiger partial charge in [0.1, 0.15) is 6.42 Å². The minimum Gasteiger partial charge on any atom is -0.493 e. The lowest BCUT2D eigenvalue weighted by Gasteiger charge is -2.10. The first kappa shape index (κ1) is 20.3. The molecule has 0 saturated heterocycles. The van der Waals surface area contributed by atoms with Crippen molar-refractivity contribution in [2.24, 2.45) is 0 Å². The lowest BCUT2D eigenvalue weighted by atomic mass is 10.1. The van der Waals surface area contributed by atoms with Crippen LogP contribution < -0.4 is 20.1 Å². The van der Waals surface area contributed by atoms with Crippen molar-refractivity contribution >= 4 is 17.5 Å². The van der Waals surface area contributed by atoms with Crippen LogP contribution >= 0.6 is 0 Å². The van der Waals surface area contributed by atoms with Gasteiger partial charge in [-0.05, 0) is 61.2 Å². The zero-order chi connectivity index (χ0) is 19.8. The third-order valence-electron chi connectivity index (χ3n) is 4.01. The van der Waals surface area contributed by atoms with Crippen LogP contribution in [0.15, 0.2) is 36.4 Å². The highest BCUT2D eigenvalue weighted by atomic mass is 16.5. The fourth-order valence-corrected chi connectivity index (χ4v) is 2.84. The second-order valence-corrected chi connectivity index (χ2v) is 6.39. The van der Waals surface area contributed by atoms with Gasteiger partial charge in [0, 0.05) is 12.2 Å². The summed E-state index contributed by atoms with van der Waals surface area (Å²) in [4.78, 5) is 24.0. The van der Waals surface area contributed by atoms with E-state index in [9.17, 15) is 9.59 Å². The van der Waals surface area contributed by atoms with E-state index in [1.807, 2.05) is 50.2 Å². The average molecular weight is 370 g/mol. The maximum absolute atomic E-state index is 12.0. The number of carbonyl (C=O) groups excluding carboxylic acids is 2. The van der Waals surface area contributed by atoms with Crippen molar-refractivity contribution in [2.75, 3.05) is 26.1 Å². The molecule has 2 N–H and O–H groups in total. The topological polar surface area (TPSA) is 76.7 Å². The van der Waals surface area contributed by atoms with Crippen LogP contribution in [0.5, 0.6) is 11.5 Å². The number of anilines is 1. The van der Waals surface area contributed by atoms with Crippen LogP contribution in [0.4, 0.5) is 5.69 Å². The molecule has 2 rings (SSSR count). The monoisotopic (exact) mass is 370 g/mol. The highest BCUT2D eigenvalue weighted by Gasteiger charge is 2.10. The average Bonchev–Trinajstić information content (AvgIpc) is 2.60. The van der Waals surface area contributed by atoms with Gasteiger partial charge < -0.3 is 20.1 Å². The van der Waals surface area contributed by atoms with Crippen LogP contribution in [0, 0.1) is 13.8 Å². The number of methoxy groups -OCH3 is 2. The van der Waals surface area contributed by atoms with E-state index >= 15 is 0 Å². The smallest absolute Gasteiger partial charge is 0.233 e. The van der Waals surface area contributed by atoms with Crippen LogP contribution in [0.2, 0.25) is 0 Å². The van der Waals surface area contributed by atoms with Crippen LogP contribution in [0.1, 0.15) is 23.1 Å². The molecule has 0 spiro atoms. The van der Waals surface area contributed by atoms with Gasteiger partial charge in [0.25, 0.3) is 0 Å². The summed E-state index contributed by atoms with van der Waals surface area (Å²) in [6.45, 7) is 4.36. The summed E-state index contributed by atoms with van der Waals surface area (Å²) in [5.74, 6) is 0.670. The summed E-state index contributed by atoms with van der Waals surface area (Å²) in [6.07, 6.45) is 0.420. The molecular formula is C21H26N2O4. The van der Waals surface area contributed by atoms with Gasteiger partial charge >= 0.3 is 0 Å². The number of nitrogens with one attached hydrogen (secondary N) is 2. The van der Waals surface area contributed by atoms with Gasteiger partial charge in [-0.15, -0.1) is 0 Å². The Morgan fingerprint density at radius 1 is 0.889 bits per heavy atom. The first-order chi connectivity index (χ1) is 12.9. The fraction of sp³-hybridized carbons (Fsp3) is 0.333. The Morgan fingerprint density at radius 3 is 2.19 bits per heavy atom. The summed E-state index contributed by atoms with van der Waals surface area (Å²) in [7, 11) is 3.17. The molecule has 2 amide bonds. The van der Waals surface area contributed by atoms with Gasteiger partial charge in [-0.2, -0.15) is 0 Å². The normalized spacial score (nSPS) is 10.2. The molecule has 0 saturated carbocycles. The zero-order valence-electron chi connectivity index (χ0n) is 16.2. The molecule has 0 aliphatic heterocycles. The second-order valence-electron chi connectivity index (χ2n) is 6.39. The molecule has 0 bridgehead atoms. The molecule has 0 radical (unpaired) electrons. The van der Waals surface area contributed by atoms with E-state index < -0.39 is 0 Å². The highest BCUT2D eigenvalue weighted by Crippen LogP contribution is 2.27. The predicted octanol–water partition coefficient (Wildman–Crippen LogP) is 3.01. The van der Waals surface area contributed by atoms with Crippen molar-refractivity contribution in [1.82, 2.24) is 5.32 Å². The summed E-state index contributed by atoms with van der Waals surface area (Å²) in [5.41, 5.74) is 3.83. The van der Waals surface area contributed by atoms with E-state index in [1.54, 1.807) is 14.2 Å². The highest BCUT2D eigenvalue weighted by molar-refractivity contribution is 6.03. The van der Waals surface area contributed by atoms with Gasteiger partial charge in [-0.3, -0.25) is 9.59 Å². The van der Waals surface area contributed by atoms with Crippen molar-refractivity contribution in [3.8, 4) is 11.5 Å². The van der Waals surface area contributed by atoms with Gasteiger partial charge in [0.15, 0.2) is 11.5 Å². The molecule has 0 heterocycles. The second kappa shape index (κ2) is 9.62. The molecule has 0 aliphatic carbocycles. The van der Waals surface area contributed by atoms with Crippen LogP contribution in [-0.2, 0) is 16.0 Å². The Labute approximate surface area is 159 Å². The van der Waals surface area contributed by atoms with E-state index in [1.165, 1.54) is 0 Å². The molecule has 2 aromatic carbocycles. The molecule has 6 nitrogen and oxygen atoms in total.